The van der Waals surface area contributed by atoms with Crippen LogP contribution in [0.2, 0.25) is 0 Å². The zero-order valence-corrected chi connectivity index (χ0v) is 11.5. The predicted molar refractivity (Wildman–Crippen MR) is 73.8 cm³/mol. The van der Waals surface area contributed by atoms with Crippen molar-refractivity contribution in [3.63, 3.8) is 0 Å². The molecule has 0 amide bonds. The van der Waals surface area contributed by atoms with Crippen molar-refractivity contribution in [1.29, 1.82) is 5.26 Å². The summed E-state index contributed by atoms with van der Waals surface area (Å²) in [5, 5.41) is 23.2. The molecule has 0 radical (unpaired) electrons. The van der Waals surface area contributed by atoms with Crippen LogP contribution in [0.1, 0.15) is 44.7 Å². The topological polar surface area (TPSA) is 91.1 Å². The van der Waals surface area contributed by atoms with E-state index in [1.807, 2.05) is 11.8 Å². The molecule has 0 spiro atoms. The maximum absolute atomic E-state index is 9.40. The number of rotatable bonds is 4. The number of aromatic nitrogens is 2. The van der Waals surface area contributed by atoms with Gasteiger partial charge in [0.15, 0.2) is 5.82 Å². The minimum atomic E-state index is 0.0479. The summed E-state index contributed by atoms with van der Waals surface area (Å²) in [4.78, 5) is 2.01. The molecule has 3 N–H and O–H groups in total. The fraction of sp³-hybridized carbons (Fsp3) is 0.692. The molecule has 0 bridgehead atoms. The first-order valence-corrected chi connectivity index (χ1v) is 6.79. The summed E-state index contributed by atoms with van der Waals surface area (Å²) in [6.45, 7) is 4.99. The first-order valence-electron chi connectivity index (χ1n) is 6.79. The monoisotopic (exact) mass is 263 g/mol. The maximum Gasteiger partial charge on any atom is 0.171 e. The molecular weight excluding hydrogens is 242 g/mol. The molecule has 6 heteroatoms. The Kier molecular flexibility index (Phi) is 3.96. The van der Waals surface area contributed by atoms with E-state index in [1.54, 1.807) is 4.68 Å². The van der Waals surface area contributed by atoms with Gasteiger partial charge in [-0.15, -0.1) is 0 Å². The summed E-state index contributed by atoms with van der Waals surface area (Å²) in [5.74, 6) is 1.05. The summed E-state index contributed by atoms with van der Waals surface area (Å²) >= 11 is 0. The lowest BCUT2D eigenvalue weighted by Crippen LogP contribution is -2.33. The van der Waals surface area contributed by atoms with Crippen LogP contribution in [0.25, 0.3) is 0 Å². The van der Waals surface area contributed by atoms with Gasteiger partial charge in [-0.25, -0.2) is 4.68 Å². The lowest BCUT2D eigenvalue weighted by molar-refractivity contribution is 0.266. The number of nitrogens with zero attached hydrogens (tertiary/aromatic N) is 4. The third kappa shape index (κ3) is 2.26. The SMILES string of the molecule is CCC(C)n1nc(N2CCCC2CO)c(C#N)c1N. The summed E-state index contributed by atoms with van der Waals surface area (Å²) in [7, 11) is 0. The van der Waals surface area contributed by atoms with Crippen molar-refractivity contribution in [2.24, 2.45) is 0 Å². The van der Waals surface area contributed by atoms with Crippen molar-refractivity contribution in [3.05, 3.63) is 5.56 Å². The van der Waals surface area contributed by atoms with Crippen LogP contribution in [-0.4, -0.2) is 34.1 Å². The Morgan fingerprint density at radius 3 is 2.95 bits per heavy atom. The third-order valence-electron chi connectivity index (χ3n) is 3.91. The number of anilines is 2. The van der Waals surface area contributed by atoms with Crippen LogP contribution in [-0.2, 0) is 0 Å². The second kappa shape index (κ2) is 5.49. The van der Waals surface area contributed by atoms with E-state index in [9.17, 15) is 10.4 Å². The first kappa shape index (κ1) is 13.7. The standard InChI is InChI=1S/C13H21N5O/c1-3-9(2)18-12(15)11(7-14)13(16-18)17-6-4-5-10(17)8-19/h9-10,19H,3-6,8,15H2,1-2H3. The average molecular weight is 263 g/mol. The van der Waals surface area contributed by atoms with Crippen LogP contribution in [0.4, 0.5) is 11.6 Å². The molecular formula is C13H21N5O. The van der Waals surface area contributed by atoms with Crippen molar-refractivity contribution in [3.8, 4) is 6.07 Å². The van der Waals surface area contributed by atoms with Gasteiger partial charge in [-0.1, -0.05) is 6.92 Å². The van der Waals surface area contributed by atoms with Crippen molar-refractivity contribution in [2.45, 2.75) is 45.2 Å². The van der Waals surface area contributed by atoms with Crippen molar-refractivity contribution in [2.75, 3.05) is 23.8 Å². The Balaban J connectivity index is 2.43. The van der Waals surface area contributed by atoms with Crippen LogP contribution in [0, 0.1) is 11.3 Å². The van der Waals surface area contributed by atoms with Gasteiger partial charge in [0.05, 0.1) is 18.7 Å². The van der Waals surface area contributed by atoms with Crippen LogP contribution >= 0.6 is 0 Å². The summed E-state index contributed by atoms with van der Waals surface area (Å²) in [6.07, 6.45) is 2.84. The van der Waals surface area contributed by atoms with Crippen LogP contribution in [0.15, 0.2) is 0 Å². The number of nitrogens with two attached hydrogens (primary N) is 1. The van der Waals surface area contributed by atoms with Gasteiger partial charge in [0.25, 0.3) is 0 Å². The summed E-state index contributed by atoms with van der Waals surface area (Å²) in [5.41, 5.74) is 6.47. The fourth-order valence-electron chi connectivity index (χ4n) is 2.56. The fourth-order valence-corrected chi connectivity index (χ4v) is 2.56. The molecule has 6 nitrogen and oxygen atoms in total. The number of hydrogen-bond donors (Lipinski definition) is 2. The van der Waals surface area contributed by atoms with Gasteiger partial charge in [0, 0.05) is 6.54 Å². The average Bonchev–Trinajstić information content (AvgIpc) is 3.01. The van der Waals surface area contributed by atoms with Crippen molar-refractivity contribution < 1.29 is 5.11 Å². The molecule has 0 aliphatic carbocycles. The van der Waals surface area contributed by atoms with Gasteiger partial charge in [-0.2, -0.15) is 10.4 Å². The van der Waals surface area contributed by atoms with Crippen molar-refractivity contribution >= 4 is 11.6 Å². The molecule has 2 rings (SSSR count). The summed E-state index contributed by atoms with van der Waals surface area (Å²) in [6, 6.07) is 2.36. The Hall–Kier alpha value is -1.74. The highest BCUT2D eigenvalue weighted by molar-refractivity contribution is 5.65. The Morgan fingerprint density at radius 2 is 2.37 bits per heavy atom. The third-order valence-corrected chi connectivity index (χ3v) is 3.91. The second-order valence-electron chi connectivity index (χ2n) is 5.07. The van der Waals surface area contributed by atoms with E-state index in [0.29, 0.717) is 17.2 Å². The maximum atomic E-state index is 9.40. The number of aliphatic hydroxyl groups excluding tert-OH is 1. The van der Waals surface area contributed by atoms with E-state index < -0.39 is 0 Å². The van der Waals surface area contributed by atoms with E-state index in [1.165, 1.54) is 0 Å². The molecule has 0 aromatic carbocycles. The van der Waals surface area contributed by atoms with E-state index in [4.69, 9.17) is 5.73 Å². The first-order chi connectivity index (χ1) is 9.13. The van der Waals surface area contributed by atoms with E-state index in [0.717, 1.165) is 25.8 Å². The van der Waals surface area contributed by atoms with Gasteiger partial charge in [-0.3, -0.25) is 0 Å². The van der Waals surface area contributed by atoms with Crippen molar-refractivity contribution in [1.82, 2.24) is 9.78 Å². The minimum Gasteiger partial charge on any atom is -0.394 e. The normalized spacial score (nSPS) is 20.5. The number of nitriles is 1. The zero-order valence-electron chi connectivity index (χ0n) is 11.5. The van der Waals surface area contributed by atoms with Crippen LogP contribution in [0.3, 0.4) is 0 Å². The molecule has 1 saturated heterocycles. The number of nitrogen functional groups attached to an aromatic ring is 1. The molecule has 1 aliphatic heterocycles. The highest BCUT2D eigenvalue weighted by atomic mass is 16.3. The molecule has 2 unspecified atom stereocenters. The number of aliphatic hydroxyl groups is 1. The predicted octanol–water partition coefficient (Wildman–Crippen LogP) is 1.27. The van der Waals surface area contributed by atoms with Gasteiger partial charge in [0.1, 0.15) is 17.5 Å². The minimum absolute atomic E-state index is 0.0479. The summed E-state index contributed by atoms with van der Waals surface area (Å²) < 4.78 is 1.72. The van der Waals surface area contributed by atoms with Crippen LogP contribution < -0.4 is 10.6 Å². The van der Waals surface area contributed by atoms with Crippen LogP contribution in [0.5, 0.6) is 0 Å². The quantitative estimate of drug-likeness (QED) is 0.853. The molecule has 1 aliphatic rings. The molecule has 0 saturated carbocycles. The number of hydrogen-bond acceptors (Lipinski definition) is 5. The molecule has 1 aromatic rings. The molecule has 1 fully saturated rings. The zero-order chi connectivity index (χ0) is 14.0. The van der Waals surface area contributed by atoms with Gasteiger partial charge in [-0.05, 0) is 26.2 Å². The lowest BCUT2D eigenvalue weighted by atomic mass is 10.2. The van der Waals surface area contributed by atoms with Gasteiger partial charge < -0.3 is 15.7 Å². The Morgan fingerprint density at radius 1 is 1.63 bits per heavy atom. The highest BCUT2D eigenvalue weighted by Crippen LogP contribution is 2.32. The largest absolute Gasteiger partial charge is 0.394 e. The highest BCUT2D eigenvalue weighted by Gasteiger charge is 2.30. The molecule has 104 valence electrons. The van der Waals surface area contributed by atoms with E-state index in [2.05, 4.69) is 18.1 Å². The van der Waals surface area contributed by atoms with Gasteiger partial charge in [0.2, 0.25) is 0 Å². The molecule has 2 atom stereocenters. The molecule has 1 aromatic heterocycles. The molecule has 2 heterocycles. The van der Waals surface area contributed by atoms with Gasteiger partial charge >= 0.3 is 0 Å². The Labute approximate surface area is 113 Å². The smallest absolute Gasteiger partial charge is 0.171 e. The molecule has 19 heavy (non-hydrogen) atoms. The second-order valence-corrected chi connectivity index (χ2v) is 5.07. The lowest BCUT2D eigenvalue weighted by Gasteiger charge is -2.22. The van der Waals surface area contributed by atoms with E-state index >= 15 is 0 Å². The Bertz CT molecular complexity index is 490. The van der Waals surface area contributed by atoms with E-state index in [-0.39, 0.29) is 18.7 Å².